The van der Waals surface area contributed by atoms with E-state index in [1.54, 1.807) is 0 Å². The first kappa shape index (κ1) is 16.8. The summed E-state index contributed by atoms with van der Waals surface area (Å²) in [6, 6.07) is 6.56. The molecule has 1 aliphatic heterocycles. The van der Waals surface area contributed by atoms with Crippen LogP contribution in [0.3, 0.4) is 0 Å². The molecule has 0 spiro atoms. The van der Waals surface area contributed by atoms with Gasteiger partial charge in [0.05, 0.1) is 11.2 Å². The van der Waals surface area contributed by atoms with Crippen LogP contribution in [-0.2, 0) is 11.3 Å². The van der Waals surface area contributed by atoms with Crippen molar-refractivity contribution in [2.75, 3.05) is 24.5 Å². The summed E-state index contributed by atoms with van der Waals surface area (Å²) in [7, 11) is 0. The van der Waals surface area contributed by atoms with Gasteiger partial charge < -0.3 is 15.0 Å². The highest BCUT2D eigenvalue weighted by atomic mass is 79.9. The SMILES string of the molecule is CCNCc1cc(Br)ccc1N1CC(C)(C)OC(C)(C)C1. The number of ether oxygens (including phenoxy) is 1. The molecule has 1 aromatic rings. The van der Waals surface area contributed by atoms with E-state index in [4.69, 9.17) is 4.74 Å². The van der Waals surface area contributed by atoms with Gasteiger partial charge in [0.1, 0.15) is 0 Å². The second-order valence-corrected chi connectivity index (χ2v) is 7.95. The maximum Gasteiger partial charge on any atom is 0.0808 e. The predicted octanol–water partition coefficient (Wildman–Crippen LogP) is 3.95. The number of nitrogens with one attached hydrogen (secondary N) is 1. The van der Waals surface area contributed by atoms with E-state index in [0.717, 1.165) is 30.7 Å². The maximum absolute atomic E-state index is 6.19. The molecule has 1 heterocycles. The van der Waals surface area contributed by atoms with Crippen LogP contribution in [0.4, 0.5) is 5.69 Å². The smallest absolute Gasteiger partial charge is 0.0808 e. The van der Waals surface area contributed by atoms with Crippen LogP contribution < -0.4 is 10.2 Å². The van der Waals surface area contributed by atoms with Crippen LogP contribution in [-0.4, -0.2) is 30.8 Å². The largest absolute Gasteiger partial charge is 0.366 e. The van der Waals surface area contributed by atoms with Gasteiger partial charge in [0.15, 0.2) is 0 Å². The van der Waals surface area contributed by atoms with Crippen molar-refractivity contribution in [3.8, 4) is 0 Å². The molecule has 21 heavy (non-hydrogen) atoms. The third-order valence-electron chi connectivity index (χ3n) is 3.64. The zero-order valence-corrected chi connectivity index (χ0v) is 15.4. The van der Waals surface area contributed by atoms with Crippen LogP contribution in [0, 0.1) is 0 Å². The van der Waals surface area contributed by atoms with Crippen molar-refractivity contribution in [1.82, 2.24) is 5.32 Å². The van der Waals surface area contributed by atoms with E-state index in [9.17, 15) is 0 Å². The first-order valence-corrected chi connectivity index (χ1v) is 8.46. The molecular formula is C17H27BrN2O. The van der Waals surface area contributed by atoms with Gasteiger partial charge in [-0.15, -0.1) is 0 Å². The summed E-state index contributed by atoms with van der Waals surface area (Å²) in [4.78, 5) is 2.46. The molecule has 2 rings (SSSR count). The van der Waals surface area contributed by atoms with Crippen LogP contribution in [0.5, 0.6) is 0 Å². The summed E-state index contributed by atoms with van der Waals surface area (Å²) in [6.45, 7) is 14.5. The molecule has 0 radical (unpaired) electrons. The summed E-state index contributed by atoms with van der Waals surface area (Å²) in [5.74, 6) is 0. The molecule has 3 nitrogen and oxygen atoms in total. The lowest BCUT2D eigenvalue weighted by Crippen LogP contribution is -2.57. The molecule has 118 valence electrons. The Morgan fingerprint density at radius 3 is 2.38 bits per heavy atom. The number of morpholine rings is 1. The molecule has 0 atom stereocenters. The van der Waals surface area contributed by atoms with E-state index in [0.29, 0.717) is 0 Å². The molecule has 0 saturated carbocycles. The van der Waals surface area contributed by atoms with Crippen LogP contribution in [0.15, 0.2) is 22.7 Å². The van der Waals surface area contributed by atoms with E-state index in [-0.39, 0.29) is 11.2 Å². The van der Waals surface area contributed by atoms with Crippen LogP contribution in [0.2, 0.25) is 0 Å². The monoisotopic (exact) mass is 354 g/mol. The van der Waals surface area contributed by atoms with Crippen molar-refractivity contribution in [3.63, 3.8) is 0 Å². The molecule has 0 unspecified atom stereocenters. The molecule has 1 aliphatic rings. The molecule has 1 fully saturated rings. The topological polar surface area (TPSA) is 24.5 Å². The Balaban J connectivity index is 2.31. The third-order valence-corrected chi connectivity index (χ3v) is 4.14. The summed E-state index contributed by atoms with van der Waals surface area (Å²) >= 11 is 3.59. The van der Waals surface area contributed by atoms with Crippen molar-refractivity contribution < 1.29 is 4.74 Å². The van der Waals surface area contributed by atoms with Crippen molar-refractivity contribution in [2.24, 2.45) is 0 Å². The highest BCUT2D eigenvalue weighted by Crippen LogP contribution is 2.34. The lowest BCUT2D eigenvalue weighted by molar-refractivity contribution is -0.133. The lowest BCUT2D eigenvalue weighted by atomic mass is 9.97. The highest BCUT2D eigenvalue weighted by molar-refractivity contribution is 9.10. The minimum absolute atomic E-state index is 0.135. The Labute approximate surface area is 137 Å². The molecule has 1 N–H and O–H groups in total. The van der Waals surface area contributed by atoms with Gasteiger partial charge in [0.2, 0.25) is 0 Å². The molecule has 1 aromatic carbocycles. The van der Waals surface area contributed by atoms with Crippen molar-refractivity contribution in [3.05, 3.63) is 28.2 Å². The average Bonchev–Trinajstić information content (AvgIpc) is 2.32. The van der Waals surface area contributed by atoms with E-state index < -0.39 is 0 Å². The van der Waals surface area contributed by atoms with E-state index >= 15 is 0 Å². The number of hydrogen-bond acceptors (Lipinski definition) is 3. The van der Waals surface area contributed by atoms with Gasteiger partial charge in [-0.25, -0.2) is 0 Å². The normalized spacial score (nSPS) is 20.6. The van der Waals surface area contributed by atoms with Gasteiger partial charge in [0.25, 0.3) is 0 Å². The minimum Gasteiger partial charge on any atom is -0.366 e. The Morgan fingerprint density at radius 1 is 1.19 bits per heavy atom. The van der Waals surface area contributed by atoms with E-state index in [1.807, 2.05) is 0 Å². The quantitative estimate of drug-likeness (QED) is 0.885. The molecule has 1 saturated heterocycles. The van der Waals surface area contributed by atoms with Gasteiger partial charge in [-0.2, -0.15) is 0 Å². The predicted molar refractivity (Wildman–Crippen MR) is 93.0 cm³/mol. The minimum atomic E-state index is -0.135. The zero-order chi connectivity index (χ0) is 15.7. The van der Waals surface area contributed by atoms with E-state index in [2.05, 4.69) is 79.0 Å². The van der Waals surface area contributed by atoms with Crippen molar-refractivity contribution >= 4 is 21.6 Å². The first-order chi connectivity index (χ1) is 9.72. The molecular weight excluding hydrogens is 328 g/mol. The molecule has 4 heteroatoms. The van der Waals surface area contributed by atoms with E-state index in [1.165, 1.54) is 11.3 Å². The van der Waals surface area contributed by atoms with Gasteiger partial charge in [-0.05, 0) is 58.0 Å². The fraction of sp³-hybridized carbons (Fsp3) is 0.647. The van der Waals surface area contributed by atoms with Gasteiger partial charge in [-0.3, -0.25) is 0 Å². The summed E-state index contributed by atoms with van der Waals surface area (Å²) < 4.78 is 7.32. The first-order valence-electron chi connectivity index (χ1n) is 7.67. The standard InChI is InChI=1S/C17H27BrN2O/c1-6-19-10-13-9-14(18)7-8-15(13)20-11-16(2,3)21-17(4,5)12-20/h7-9,19H,6,10-12H2,1-5H3. The number of hydrogen-bond donors (Lipinski definition) is 1. The summed E-state index contributed by atoms with van der Waals surface area (Å²) in [5.41, 5.74) is 2.37. The lowest BCUT2D eigenvalue weighted by Gasteiger charge is -2.48. The van der Waals surface area contributed by atoms with Crippen molar-refractivity contribution in [1.29, 1.82) is 0 Å². The summed E-state index contributed by atoms with van der Waals surface area (Å²) in [5, 5.41) is 3.43. The molecule has 0 bridgehead atoms. The fourth-order valence-corrected chi connectivity index (χ4v) is 3.63. The van der Waals surface area contributed by atoms with Gasteiger partial charge >= 0.3 is 0 Å². The highest BCUT2D eigenvalue weighted by Gasteiger charge is 2.38. The van der Waals surface area contributed by atoms with Crippen LogP contribution in [0.1, 0.15) is 40.2 Å². The number of rotatable bonds is 4. The Morgan fingerprint density at radius 2 is 1.81 bits per heavy atom. The van der Waals surface area contributed by atoms with Gasteiger partial charge in [0, 0.05) is 29.8 Å². The fourth-order valence-electron chi connectivity index (χ4n) is 3.22. The number of anilines is 1. The Hall–Kier alpha value is -0.580. The zero-order valence-electron chi connectivity index (χ0n) is 13.8. The second-order valence-electron chi connectivity index (χ2n) is 7.03. The Bertz CT molecular complexity index is 484. The second kappa shape index (κ2) is 6.27. The number of benzene rings is 1. The van der Waals surface area contributed by atoms with Crippen molar-refractivity contribution in [2.45, 2.75) is 52.4 Å². The maximum atomic E-state index is 6.19. The number of nitrogens with zero attached hydrogens (tertiary/aromatic N) is 1. The molecule has 0 aromatic heterocycles. The van der Waals surface area contributed by atoms with Crippen LogP contribution in [0.25, 0.3) is 0 Å². The summed E-state index contributed by atoms with van der Waals surface area (Å²) in [6.07, 6.45) is 0. The average molecular weight is 355 g/mol. The molecule has 0 amide bonds. The number of halogens is 1. The third kappa shape index (κ3) is 4.44. The Kier molecular flexibility index (Phi) is 5.01. The van der Waals surface area contributed by atoms with Gasteiger partial charge in [-0.1, -0.05) is 22.9 Å². The molecule has 0 aliphatic carbocycles. The van der Waals surface area contributed by atoms with Crippen LogP contribution >= 0.6 is 15.9 Å².